The molecular formula is C17H22FN5O2S. The van der Waals surface area contributed by atoms with Crippen molar-refractivity contribution in [3.05, 3.63) is 30.1 Å². The second-order valence-electron chi connectivity index (χ2n) is 5.89. The number of hydrogen-bond acceptors (Lipinski definition) is 6. The SMILES string of the molecule is CCn1c(SC(C)C(=O)Nc2cccc(F)c2)nnc1N1CCOCC1. The van der Waals surface area contributed by atoms with E-state index < -0.39 is 5.25 Å². The van der Waals surface area contributed by atoms with Gasteiger partial charge in [-0.15, -0.1) is 10.2 Å². The van der Waals surface area contributed by atoms with Crippen LogP contribution >= 0.6 is 11.8 Å². The third-order valence-electron chi connectivity index (χ3n) is 4.05. The van der Waals surface area contributed by atoms with E-state index in [-0.39, 0.29) is 11.7 Å². The smallest absolute Gasteiger partial charge is 0.237 e. The summed E-state index contributed by atoms with van der Waals surface area (Å²) >= 11 is 1.34. The van der Waals surface area contributed by atoms with Crippen molar-refractivity contribution in [1.82, 2.24) is 14.8 Å². The number of halogens is 1. The zero-order valence-electron chi connectivity index (χ0n) is 14.8. The van der Waals surface area contributed by atoms with Crippen LogP contribution in [0, 0.1) is 5.82 Å². The highest BCUT2D eigenvalue weighted by molar-refractivity contribution is 8.00. The highest BCUT2D eigenvalue weighted by Gasteiger charge is 2.23. The third-order valence-corrected chi connectivity index (χ3v) is 5.13. The summed E-state index contributed by atoms with van der Waals surface area (Å²) in [6, 6.07) is 5.85. The number of aromatic nitrogens is 3. The highest BCUT2D eigenvalue weighted by Crippen LogP contribution is 2.26. The van der Waals surface area contributed by atoms with E-state index in [4.69, 9.17) is 4.74 Å². The molecule has 2 heterocycles. The Morgan fingerprint density at radius 2 is 2.15 bits per heavy atom. The van der Waals surface area contributed by atoms with Crippen LogP contribution in [-0.4, -0.2) is 52.2 Å². The average Bonchev–Trinajstić information content (AvgIpc) is 3.05. The number of nitrogens with one attached hydrogen (secondary N) is 1. The van der Waals surface area contributed by atoms with Crippen LogP contribution in [0.4, 0.5) is 16.0 Å². The predicted octanol–water partition coefficient (Wildman–Crippen LogP) is 2.39. The van der Waals surface area contributed by atoms with E-state index in [9.17, 15) is 9.18 Å². The summed E-state index contributed by atoms with van der Waals surface area (Å²) in [6.45, 7) is 7.42. The van der Waals surface area contributed by atoms with Gasteiger partial charge in [0.15, 0.2) is 5.16 Å². The number of thioether (sulfide) groups is 1. The molecule has 1 aromatic carbocycles. The minimum absolute atomic E-state index is 0.209. The average molecular weight is 379 g/mol. The summed E-state index contributed by atoms with van der Waals surface area (Å²) in [5, 5.41) is 11.6. The van der Waals surface area contributed by atoms with Crippen LogP contribution in [0.25, 0.3) is 0 Å². The molecule has 1 aromatic heterocycles. The first-order valence-corrected chi connectivity index (χ1v) is 9.45. The Bertz CT molecular complexity index is 763. The number of ether oxygens (including phenoxy) is 1. The van der Waals surface area contributed by atoms with E-state index in [0.29, 0.717) is 30.6 Å². The van der Waals surface area contributed by atoms with Gasteiger partial charge >= 0.3 is 0 Å². The fourth-order valence-corrected chi connectivity index (χ4v) is 3.57. The minimum Gasteiger partial charge on any atom is -0.378 e. The van der Waals surface area contributed by atoms with Gasteiger partial charge in [0, 0.05) is 25.3 Å². The second-order valence-corrected chi connectivity index (χ2v) is 7.19. The first-order valence-electron chi connectivity index (χ1n) is 8.57. The summed E-state index contributed by atoms with van der Waals surface area (Å²) in [5.41, 5.74) is 0.438. The number of carbonyl (C=O) groups excluding carboxylic acids is 1. The molecule has 1 fully saturated rings. The van der Waals surface area contributed by atoms with Gasteiger partial charge in [-0.3, -0.25) is 9.36 Å². The molecule has 140 valence electrons. The number of rotatable bonds is 6. The molecule has 0 bridgehead atoms. The van der Waals surface area contributed by atoms with Crippen LogP contribution in [0.15, 0.2) is 29.4 Å². The molecule has 3 rings (SSSR count). The molecule has 1 N–H and O–H groups in total. The largest absolute Gasteiger partial charge is 0.378 e. The Balaban J connectivity index is 1.67. The van der Waals surface area contributed by atoms with Gasteiger partial charge in [0.05, 0.1) is 18.5 Å². The molecule has 1 saturated heterocycles. The number of morpholine rings is 1. The summed E-state index contributed by atoms with van der Waals surface area (Å²) in [7, 11) is 0. The molecule has 1 amide bonds. The fourth-order valence-electron chi connectivity index (χ4n) is 2.66. The zero-order chi connectivity index (χ0) is 18.5. The monoisotopic (exact) mass is 379 g/mol. The van der Waals surface area contributed by atoms with Crippen LogP contribution in [-0.2, 0) is 16.1 Å². The second kappa shape index (κ2) is 8.50. The minimum atomic E-state index is -0.398. The van der Waals surface area contributed by atoms with E-state index in [1.165, 1.54) is 23.9 Å². The molecule has 9 heteroatoms. The molecule has 0 saturated carbocycles. The number of amides is 1. The maximum absolute atomic E-state index is 13.3. The highest BCUT2D eigenvalue weighted by atomic mass is 32.2. The van der Waals surface area contributed by atoms with Crippen molar-refractivity contribution in [3.8, 4) is 0 Å². The van der Waals surface area contributed by atoms with E-state index >= 15 is 0 Å². The Morgan fingerprint density at radius 3 is 2.85 bits per heavy atom. The summed E-state index contributed by atoms with van der Waals surface area (Å²) in [6.07, 6.45) is 0. The molecule has 1 aliphatic rings. The first kappa shape index (κ1) is 18.7. The van der Waals surface area contributed by atoms with Crippen molar-refractivity contribution in [1.29, 1.82) is 0 Å². The molecule has 0 spiro atoms. The predicted molar refractivity (Wildman–Crippen MR) is 99.1 cm³/mol. The first-order chi connectivity index (χ1) is 12.6. The van der Waals surface area contributed by atoms with Crippen molar-refractivity contribution in [2.45, 2.75) is 30.8 Å². The molecule has 0 aliphatic carbocycles. The molecular weight excluding hydrogens is 357 g/mol. The molecule has 1 aliphatic heterocycles. The quantitative estimate of drug-likeness (QED) is 0.777. The lowest BCUT2D eigenvalue weighted by Crippen LogP contribution is -2.38. The maximum atomic E-state index is 13.3. The normalized spacial score (nSPS) is 15.7. The van der Waals surface area contributed by atoms with Gasteiger partial charge in [-0.2, -0.15) is 0 Å². The van der Waals surface area contributed by atoms with Gasteiger partial charge in [-0.25, -0.2) is 4.39 Å². The summed E-state index contributed by atoms with van der Waals surface area (Å²) in [5.74, 6) is 0.208. The van der Waals surface area contributed by atoms with Crippen molar-refractivity contribution in [3.63, 3.8) is 0 Å². The molecule has 1 atom stereocenters. The number of hydrogen-bond donors (Lipinski definition) is 1. The van der Waals surface area contributed by atoms with Gasteiger partial charge in [0.25, 0.3) is 0 Å². The molecule has 26 heavy (non-hydrogen) atoms. The number of anilines is 2. The van der Waals surface area contributed by atoms with Crippen LogP contribution in [0.5, 0.6) is 0 Å². The van der Waals surface area contributed by atoms with Gasteiger partial charge in [-0.1, -0.05) is 17.8 Å². The van der Waals surface area contributed by atoms with Gasteiger partial charge in [0.2, 0.25) is 11.9 Å². The Hall–Kier alpha value is -2.13. The Kier molecular flexibility index (Phi) is 6.10. The topological polar surface area (TPSA) is 72.3 Å². The summed E-state index contributed by atoms with van der Waals surface area (Å²) in [4.78, 5) is 14.5. The third kappa shape index (κ3) is 4.34. The van der Waals surface area contributed by atoms with Crippen molar-refractivity contribution in [2.75, 3.05) is 36.5 Å². The van der Waals surface area contributed by atoms with Gasteiger partial charge in [-0.05, 0) is 32.0 Å². The number of benzene rings is 1. The van der Waals surface area contributed by atoms with Crippen LogP contribution in [0.1, 0.15) is 13.8 Å². The zero-order valence-corrected chi connectivity index (χ0v) is 15.6. The standard InChI is InChI=1S/C17H22FN5O2S/c1-3-23-16(22-7-9-25-10-8-22)20-21-17(23)26-12(2)15(24)19-14-6-4-5-13(18)11-14/h4-6,11-12H,3,7-10H2,1-2H3,(H,19,24). The Labute approximate surface area is 155 Å². The van der Waals surface area contributed by atoms with Crippen LogP contribution in [0.2, 0.25) is 0 Å². The number of carbonyl (C=O) groups is 1. The fraction of sp³-hybridized carbons (Fsp3) is 0.471. The van der Waals surface area contributed by atoms with Crippen LogP contribution in [0.3, 0.4) is 0 Å². The molecule has 7 nitrogen and oxygen atoms in total. The van der Waals surface area contributed by atoms with Gasteiger partial charge < -0.3 is 15.0 Å². The van der Waals surface area contributed by atoms with Gasteiger partial charge in [0.1, 0.15) is 5.82 Å². The van der Waals surface area contributed by atoms with E-state index in [0.717, 1.165) is 19.0 Å². The van der Waals surface area contributed by atoms with E-state index in [2.05, 4.69) is 20.4 Å². The van der Waals surface area contributed by atoms with Crippen molar-refractivity contribution < 1.29 is 13.9 Å². The van der Waals surface area contributed by atoms with Crippen molar-refractivity contribution >= 4 is 29.3 Å². The lowest BCUT2D eigenvalue weighted by molar-refractivity contribution is -0.115. The van der Waals surface area contributed by atoms with Crippen LogP contribution < -0.4 is 10.2 Å². The van der Waals surface area contributed by atoms with Crippen molar-refractivity contribution in [2.24, 2.45) is 0 Å². The molecule has 2 aromatic rings. The Morgan fingerprint density at radius 1 is 1.38 bits per heavy atom. The van der Waals surface area contributed by atoms with E-state index in [1.54, 1.807) is 19.1 Å². The number of nitrogens with zero attached hydrogens (tertiary/aromatic N) is 4. The lowest BCUT2D eigenvalue weighted by atomic mass is 10.3. The summed E-state index contributed by atoms with van der Waals surface area (Å²) < 4.78 is 20.6. The molecule has 1 unspecified atom stereocenters. The molecule has 0 radical (unpaired) electrons. The van der Waals surface area contributed by atoms with E-state index in [1.807, 2.05) is 11.5 Å². The maximum Gasteiger partial charge on any atom is 0.237 e. The lowest BCUT2D eigenvalue weighted by Gasteiger charge is -2.27.